The van der Waals surface area contributed by atoms with Gasteiger partial charge < -0.3 is 29.5 Å². The van der Waals surface area contributed by atoms with Crippen molar-refractivity contribution in [1.82, 2.24) is 39.6 Å². The topological polar surface area (TPSA) is 126 Å². The lowest BCUT2D eigenvalue weighted by atomic mass is 9.76. The highest BCUT2D eigenvalue weighted by molar-refractivity contribution is 5.98. The van der Waals surface area contributed by atoms with Gasteiger partial charge in [0.25, 0.3) is 5.91 Å². The van der Waals surface area contributed by atoms with Gasteiger partial charge in [-0.25, -0.2) is 9.67 Å². The van der Waals surface area contributed by atoms with Crippen molar-refractivity contribution in [3.63, 3.8) is 0 Å². The van der Waals surface area contributed by atoms with Crippen LogP contribution in [-0.4, -0.2) is 103 Å². The molecule has 0 bridgehead atoms. The minimum Gasteiger partial charge on any atom is -0.496 e. The fraction of sp³-hybridized carbons (Fsp3) is 0.400. The number of tetrazole rings is 1. The van der Waals surface area contributed by atoms with Crippen molar-refractivity contribution >= 4 is 22.9 Å². The number of piperidine rings is 1. The Balaban J connectivity index is 1.02. The number of aliphatic hydroxyl groups excluding tert-OH is 1. The molecule has 2 saturated heterocycles. The van der Waals surface area contributed by atoms with Crippen LogP contribution >= 0.6 is 0 Å². The van der Waals surface area contributed by atoms with Crippen molar-refractivity contribution in [1.29, 1.82) is 0 Å². The molecule has 2 N–H and O–H groups in total. The Bertz CT molecular complexity index is 1800. The molecule has 12 heteroatoms. The summed E-state index contributed by atoms with van der Waals surface area (Å²) in [5.41, 5.74) is 4.33. The van der Waals surface area contributed by atoms with Crippen LogP contribution in [0.25, 0.3) is 16.7 Å². The Morgan fingerprint density at radius 1 is 1.02 bits per heavy atom. The number of hydrogen-bond donors (Lipinski definition) is 2. The molecule has 1 amide bonds. The summed E-state index contributed by atoms with van der Waals surface area (Å²) in [5.74, 6) is 1.32. The number of para-hydroxylation sites is 2. The highest BCUT2D eigenvalue weighted by Gasteiger charge is 2.42. The summed E-state index contributed by atoms with van der Waals surface area (Å²) in [6.07, 6.45) is 5.41. The first-order chi connectivity index (χ1) is 23.1. The molecule has 1 unspecified atom stereocenters. The van der Waals surface area contributed by atoms with E-state index in [1.807, 2.05) is 29.2 Å². The second-order valence-electron chi connectivity index (χ2n) is 12.6. The van der Waals surface area contributed by atoms with Gasteiger partial charge in [-0.2, -0.15) is 0 Å². The maximum atomic E-state index is 14.0. The molecule has 12 nitrogen and oxygen atoms in total. The Hall–Kier alpha value is -4.81. The minimum absolute atomic E-state index is 0.0475. The lowest BCUT2D eigenvalue weighted by Crippen LogP contribution is -2.42. The molecule has 47 heavy (non-hydrogen) atoms. The van der Waals surface area contributed by atoms with E-state index < -0.39 is 0 Å². The molecule has 5 aromatic rings. The van der Waals surface area contributed by atoms with Gasteiger partial charge in [0.05, 0.1) is 36.0 Å². The minimum atomic E-state index is -0.137. The third-order valence-corrected chi connectivity index (χ3v) is 9.86. The predicted octanol–water partition coefficient (Wildman–Crippen LogP) is 3.76. The van der Waals surface area contributed by atoms with Crippen LogP contribution in [-0.2, 0) is 12.0 Å². The van der Waals surface area contributed by atoms with Crippen LogP contribution in [0.2, 0.25) is 0 Å². The highest BCUT2D eigenvalue weighted by atomic mass is 16.5. The molecule has 1 atom stereocenters. The number of imidazole rings is 1. The SMILES string of the molecule is COc1ccc(-n2cnnn2)cc1C(=O)N1CCC(CCN2CCC(Nc3nc4ccccc4n3CCO)CC2)(c2ccccc2)C1. The molecule has 3 aromatic carbocycles. The number of carbonyl (C=O) groups is 1. The van der Waals surface area contributed by atoms with E-state index in [0.717, 1.165) is 62.3 Å². The summed E-state index contributed by atoms with van der Waals surface area (Å²) in [5, 5.41) is 24.8. The number of aromatic nitrogens is 6. The molecule has 2 aliphatic heterocycles. The third-order valence-electron chi connectivity index (χ3n) is 9.86. The molecule has 0 radical (unpaired) electrons. The molecular weight excluding hydrogens is 594 g/mol. The van der Waals surface area contributed by atoms with Gasteiger partial charge in [-0.15, -0.1) is 5.10 Å². The molecule has 244 valence electrons. The number of carbonyl (C=O) groups excluding carboxylic acids is 1. The zero-order valence-electron chi connectivity index (χ0n) is 26.7. The second-order valence-corrected chi connectivity index (χ2v) is 12.6. The third kappa shape index (κ3) is 6.30. The van der Waals surface area contributed by atoms with Crippen LogP contribution in [0.5, 0.6) is 5.75 Å². The molecule has 4 heterocycles. The summed E-state index contributed by atoms with van der Waals surface area (Å²) < 4.78 is 9.22. The molecule has 2 aromatic heterocycles. The van der Waals surface area contributed by atoms with Gasteiger partial charge in [0.1, 0.15) is 12.1 Å². The first-order valence-electron chi connectivity index (χ1n) is 16.4. The molecule has 7 rings (SSSR count). The smallest absolute Gasteiger partial charge is 0.257 e. The van der Waals surface area contributed by atoms with E-state index in [0.29, 0.717) is 42.7 Å². The van der Waals surface area contributed by atoms with E-state index in [1.54, 1.807) is 23.9 Å². The fourth-order valence-corrected chi connectivity index (χ4v) is 7.24. The first-order valence-corrected chi connectivity index (χ1v) is 16.4. The van der Waals surface area contributed by atoms with Crippen LogP contribution in [0.15, 0.2) is 79.1 Å². The predicted molar refractivity (Wildman–Crippen MR) is 179 cm³/mol. The molecule has 0 aliphatic carbocycles. The summed E-state index contributed by atoms with van der Waals surface area (Å²) in [4.78, 5) is 23.4. The maximum absolute atomic E-state index is 14.0. The van der Waals surface area contributed by atoms with E-state index >= 15 is 0 Å². The number of rotatable bonds is 11. The fourth-order valence-electron chi connectivity index (χ4n) is 7.24. The number of nitrogens with one attached hydrogen (secondary N) is 1. The maximum Gasteiger partial charge on any atom is 0.257 e. The zero-order valence-corrected chi connectivity index (χ0v) is 26.7. The second kappa shape index (κ2) is 13.5. The normalized spacial score (nSPS) is 19.0. The quantitative estimate of drug-likeness (QED) is 0.223. The summed E-state index contributed by atoms with van der Waals surface area (Å²) in [6.45, 7) is 4.85. The van der Waals surface area contributed by atoms with Crippen molar-refractivity contribution in [3.8, 4) is 11.4 Å². The van der Waals surface area contributed by atoms with Crippen LogP contribution < -0.4 is 10.1 Å². The number of anilines is 1. The largest absolute Gasteiger partial charge is 0.496 e. The number of likely N-dealkylation sites (tertiary alicyclic amines) is 2. The van der Waals surface area contributed by atoms with Crippen LogP contribution in [0.3, 0.4) is 0 Å². The average molecular weight is 636 g/mol. The number of hydrogen-bond acceptors (Lipinski definition) is 9. The Morgan fingerprint density at radius 2 is 1.83 bits per heavy atom. The Morgan fingerprint density at radius 3 is 2.60 bits per heavy atom. The van der Waals surface area contributed by atoms with E-state index in [1.165, 1.54) is 11.9 Å². The number of aliphatic hydroxyl groups is 1. The standard InChI is InChI=1S/C35H41N9O3/c1-47-32-12-11-28(44-25-36-39-40-44)23-29(32)33(46)42-20-16-35(24-42,26-7-3-2-4-8-26)15-19-41-17-13-27(14-18-41)37-34-38-30-9-5-6-10-31(30)43(34)21-22-45/h2-12,23,25,27,45H,13-22,24H2,1H3,(H,37,38). The van der Waals surface area contributed by atoms with Crippen molar-refractivity contribution in [2.75, 3.05) is 51.8 Å². The summed E-state index contributed by atoms with van der Waals surface area (Å²) >= 11 is 0. The van der Waals surface area contributed by atoms with Crippen LogP contribution in [0.4, 0.5) is 5.95 Å². The van der Waals surface area contributed by atoms with Gasteiger partial charge in [-0.3, -0.25) is 4.79 Å². The molecule has 0 spiro atoms. The van der Waals surface area contributed by atoms with Crippen molar-refractivity contribution in [3.05, 3.63) is 90.3 Å². The average Bonchev–Trinajstić information content (AvgIpc) is 3.89. The van der Waals surface area contributed by atoms with E-state index in [9.17, 15) is 9.90 Å². The van der Waals surface area contributed by atoms with Gasteiger partial charge in [0, 0.05) is 44.2 Å². The Kier molecular flexibility index (Phi) is 8.86. The lowest BCUT2D eigenvalue weighted by Gasteiger charge is -2.36. The summed E-state index contributed by atoms with van der Waals surface area (Å²) in [6, 6.07) is 24.5. The number of fused-ring (bicyclic) bond motifs is 1. The first kappa shape index (κ1) is 30.8. The van der Waals surface area contributed by atoms with E-state index in [2.05, 4.69) is 66.7 Å². The van der Waals surface area contributed by atoms with Crippen molar-refractivity contribution < 1.29 is 14.6 Å². The number of benzene rings is 3. The van der Waals surface area contributed by atoms with Gasteiger partial charge >= 0.3 is 0 Å². The Labute approximate surface area is 274 Å². The van der Waals surface area contributed by atoms with Gasteiger partial charge in [-0.05, 0) is 78.6 Å². The van der Waals surface area contributed by atoms with E-state index in [4.69, 9.17) is 9.72 Å². The zero-order chi connectivity index (χ0) is 32.2. The number of amides is 1. The molecular formula is C35H41N9O3. The van der Waals surface area contributed by atoms with Gasteiger partial charge in [0.15, 0.2) is 0 Å². The highest BCUT2D eigenvalue weighted by Crippen LogP contribution is 2.39. The van der Waals surface area contributed by atoms with Crippen LogP contribution in [0, 0.1) is 0 Å². The van der Waals surface area contributed by atoms with Crippen molar-refractivity contribution in [2.45, 2.75) is 43.7 Å². The van der Waals surface area contributed by atoms with Gasteiger partial charge in [0.2, 0.25) is 5.95 Å². The van der Waals surface area contributed by atoms with E-state index in [-0.39, 0.29) is 17.9 Å². The molecule has 2 fully saturated rings. The van der Waals surface area contributed by atoms with Crippen LogP contribution in [0.1, 0.15) is 41.6 Å². The number of ether oxygens (including phenoxy) is 1. The summed E-state index contributed by atoms with van der Waals surface area (Å²) in [7, 11) is 1.59. The monoisotopic (exact) mass is 635 g/mol. The molecule has 0 saturated carbocycles. The number of methoxy groups -OCH3 is 1. The molecule has 2 aliphatic rings. The van der Waals surface area contributed by atoms with Gasteiger partial charge in [-0.1, -0.05) is 42.5 Å². The number of nitrogens with zero attached hydrogens (tertiary/aromatic N) is 8. The van der Waals surface area contributed by atoms with Crippen molar-refractivity contribution in [2.24, 2.45) is 0 Å². The lowest BCUT2D eigenvalue weighted by molar-refractivity contribution is 0.0776.